The van der Waals surface area contributed by atoms with Gasteiger partial charge in [-0.3, -0.25) is 14.1 Å². The van der Waals surface area contributed by atoms with E-state index in [1.54, 1.807) is 4.40 Å². The van der Waals surface area contributed by atoms with Gasteiger partial charge in [-0.25, -0.2) is 9.97 Å². The molecule has 0 amide bonds. The predicted molar refractivity (Wildman–Crippen MR) is 202 cm³/mol. The lowest BCUT2D eigenvalue weighted by Gasteiger charge is -2.42. The molecule has 3 aromatic heterocycles. The fourth-order valence-corrected chi connectivity index (χ4v) is 9.63. The lowest BCUT2D eigenvalue weighted by molar-refractivity contribution is 0.104. The lowest BCUT2D eigenvalue weighted by Crippen LogP contribution is -2.46. The van der Waals surface area contributed by atoms with Crippen molar-refractivity contribution in [3.05, 3.63) is 170 Å². The van der Waals surface area contributed by atoms with Gasteiger partial charge in [-0.05, 0) is 79.5 Å². The minimum Gasteiger partial charge on any atom is -0.326 e. The van der Waals surface area contributed by atoms with E-state index in [0.717, 1.165) is 60.6 Å². The molecule has 0 radical (unpaired) electrons. The Hall–Kier alpha value is -4.85. The molecule has 4 unspecified atom stereocenters. The number of benzene rings is 4. The predicted octanol–water partition coefficient (Wildman–Crippen LogP) is 8.26. The summed E-state index contributed by atoms with van der Waals surface area (Å²) in [5.74, 6) is 2.05. The molecule has 250 valence electrons. The SMILES string of the molecule is Cc1nc2sccn2c(=O)c1CCN1CCC(C2c3ccccc3C(c3ccccc3)Cn3c2nc2ccccc23)CC1Cc1ccccc1. The van der Waals surface area contributed by atoms with Crippen LogP contribution in [-0.4, -0.2) is 43.0 Å². The van der Waals surface area contributed by atoms with Crippen LogP contribution < -0.4 is 5.56 Å². The monoisotopic (exact) mass is 675 g/mol. The number of imidazole rings is 1. The summed E-state index contributed by atoms with van der Waals surface area (Å²) in [7, 11) is 0. The molecule has 1 saturated heterocycles. The van der Waals surface area contributed by atoms with Crippen LogP contribution in [0.15, 0.2) is 126 Å². The summed E-state index contributed by atoms with van der Waals surface area (Å²) in [4.78, 5) is 27.1. The molecule has 9 rings (SSSR count). The summed E-state index contributed by atoms with van der Waals surface area (Å²) in [6.07, 6.45) is 5.67. The molecule has 4 aromatic carbocycles. The van der Waals surface area contributed by atoms with E-state index in [0.29, 0.717) is 18.4 Å². The van der Waals surface area contributed by atoms with Gasteiger partial charge >= 0.3 is 0 Å². The second-order valence-corrected chi connectivity index (χ2v) is 15.0. The maximum Gasteiger partial charge on any atom is 0.261 e. The second kappa shape index (κ2) is 13.1. The van der Waals surface area contributed by atoms with Crippen molar-refractivity contribution in [1.29, 1.82) is 0 Å². The van der Waals surface area contributed by atoms with Crippen LogP contribution in [0.1, 0.15) is 64.0 Å². The van der Waals surface area contributed by atoms with Crippen molar-refractivity contribution in [1.82, 2.24) is 23.8 Å². The van der Waals surface area contributed by atoms with Crippen LogP contribution in [-0.2, 0) is 19.4 Å². The van der Waals surface area contributed by atoms with Crippen LogP contribution in [0, 0.1) is 12.8 Å². The van der Waals surface area contributed by atoms with E-state index in [4.69, 9.17) is 9.97 Å². The van der Waals surface area contributed by atoms with Crippen molar-refractivity contribution in [3.63, 3.8) is 0 Å². The van der Waals surface area contributed by atoms with E-state index in [1.165, 1.54) is 44.9 Å². The van der Waals surface area contributed by atoms with Gasteiger partial charge in [-0.1, -0.05) is 97.1 Å². The largest absolute Gasteiger partial charge is 0.326 e. The Balaban J connectivity index is 1.10. The first-order valence-corrected chi connectivity index (χ1v) is 18.8. The first-order valence-electron chi connectivity index (χ1n) is 17.9. The quantitative estimate of drug-likeness (QED) is 0.171. The zero-order chi connectivity index (χ0) is 33.6. The van der Waals surface area contributed by atoms with Gasteiger partial charge < -0.3 is 4.57 Å². The van der Waals surface area contributed by atoms with Crippen LogP contribution in [0.5, 0.6) is 0 Å². The molecule has 5 heterocycles. The Kier molecular flexibility index (Phi) is 8.18. The molecule has 0 aliphatic carbocycles. The molecule has 7 aromatic rings. The van der Waals surface area contributed by atoms with Crippen molar-refractivity contribution in [2.45, 2.75) is 57.0 Å². The Morgan fingerprint density at radius 2 is 1.58 bits per heavy atom. The maximum atomic E-state index is 13.5. The van der Waals surface area contributed by atoms with E-state index in [9.17, 15) is 4.79 Å². The molecule has 2 aliphatic heterocycles. The van der Waals surface area contributed by atoms with Gasteiger partial charge in [0, 0.05) is 53.8 Å². The van der Waals surface area contributed by atoms with Crippen molar-refractivity contribution >= 4 is 27.3 Å². The van der Waals surface area contributed by atoms with Crippen molar-refractivity contribution in [2.75, 3.05) is 13.1 Å². The van der Waals surface area contributed by atoms with Crippen LogP contribution in [0.4, 0.5) is 0 Å². The summed E-state index contributed by atoms with van der Waals surface area (Å²) < 4.78 is 4.25. The normalized spacial score (nSPS) is 20.8. The Bertz CT molecular complexity index is 2340. The molecule has 4 atom stereocenters. The molecular weight excluding hydrogens is 635 g/mol. The minimum atomic E-state index is 0.0742. The zero-order valence-electron chi connectivity index (χ0n) is 28.4. The average molecular weight is 676 g/mol. The highest BCUT2D eigenvalue weighted by Crippen LogP contribution is 2.47. The number of nitrogens with zero attached hydrogens (tertiary/aromatic N) is 5. The molecule has 50 heavy (non-hydrogen) atoms. The number of hydrogen-bond acceptors (Lipinski definition) is 5. The smallest absolute Gasteiger partial charge is 0.261 e. The summed E-state index contributed by atoms with van der Waals surface area (Å²) in [5, 5.41) is 1.94. The molecule has 7 heteroatoms. The second-order valence-electron chi connectivity index (χ2n) is 14.1. The molecule has 0 spiro atoms. The number of para-hydroxylation sites is 2. The Morgan fingerprint density at radius 3 is 2.42 bits per heavy atom. The Morgan fingerprint density at radius 1 is 0.840 bits per heavy atom. The first kappa shape index (κ1) is 31.2. The number of fused-ring (bicyclic) bond motifs is 5. The first-order chi connectivity index (χ1) is 24.6. The minimum absolute atomic E-state index is 0.0742. The lowest BCUT2D eigenvalue weighted by atomic mass is 9.74. The fourth-order valence-electron chi connectivity index (χ4n) is 8.88. The number of piperidine rings is 1. The summed E-state index contributed by atoms with van der Waals surface area (Å²) >= 11 is 1.51. The summed E-state index contributed by atoms with van der Waals surface area (Å²) in [5.41, 5.74) is 9.62. The molecule has 1 fully saturated rings. The van der Waals surface area contributed by atoms with Gasteiger partial charge in [0.05, 0.1) is 11.0 Å². The average Bonchev–Trinajstić information content (AvgIpc) is 3.74. The van der Waals surface area contributed by atoms with Crippen molar-refractivity contribution in [3.8, 4) is 0 Å². The van der Waals surface area contributed by atoms with E-state index >= 15 is 0 Å². The van der Waals surface area contributed by atoms with Crippen molar-refractivity contribution in [2.24, 2.45) is 5.92 Å². The van der Waals surface area contributed by atoms with E-state index in [2.05, 4.69) is 119 Å². The third kappa shape index (κ3) is 5.59. The number of hydrogen-bond donors (Lipinski definition) is 0. The van der Waals surface area contributed by atoms with Gasteiger partial charge in [0.15, 0.2) is 4.96 Å². The van der Waals surface area contributed by atoms with Gasteiger partial charge in [0.1, 0.15) is 5.82 Å². The van der Waals surface area contributed by atoms with Crippen LogP contribution in [0.3, 0.4) is 0 Å². The number of likely N-dealkylation sites (tertiary alicyclic amines) is 1. The molecule has 0 bridgehead atoms. The molecule has 0 saturated carbocycles. The Labute approximate surface area is 296 Å². The third-order valence-corrected chi connectivity index (χ3v) is 12.1. The van der Waals surface area contributed by atoms with E-state index in [-0.39, 0.29) is 17.4 Å². The standard InChI is InChI=1S/C43H41N5OS/c1-29-34(42(49)47-24-25-50-43(47)44-29)21-23-46-22-20-32(27-33(46)26-30-12-4-2-5-13-30)40-36-17-9-8-16-35(36)37(31-14-6-3-7-15-31)28-48-39-19-11-10-18-38(39)45-41(40)48/h2-19,24-25,32-33,37,40H,20-23,26-28H2,1H3. The molecule has 6 nitrogen and oxygen atoms in total. The van der Waals surface area contributed by atoms with E-state index in [1.807, 2.05) is 18.5 Å². The van der Waals surface area contributed by atoms with E-state index < -0.39 is 0 Å². The van der Waals surface area contributed by atoms with Crippen LogP contribution >= 0.6 is 11.3 Å². The number of aromatic nitrogens is 4. The number of thiazole rings is 1. The maximum absolute atomic E-state index is 13.5. The molecular formula is C43H41N5OS. The van der Waals surface area contributed by atoms with Crippen LogP contribution in [0.2, 0.25) is 0 Å². The number of aryl methyl sites for hydroxylation is 1. The summed E-state index contributed by atoms with van der Waals surface area (Å²) in [6, 6.07) is 40.2. The van der Waals surface area contributed by atoms with Gasteiger partial charge in [0.2, 0.25) is 0 Å². The van der Waals surface area contributed by atoms with Crippen LogP contribution in [0.25, 0.3) is 16.0 Å². The fraction of sp³-hybridized carbons (Fsp3) is 0.279. The summed E-state index contributed by atoms with van der Waals surface area (Å²) in [6.45, 7) is 4.69. The highest BCUT2D eigenvalue weighted by molar-refractivity contribution is 7.15. The number of rotatable bonds is 7. The highest BCUT2D eigenvalue weighted by Gasteiger charge is 2.40. The molecule has 0 N–H and O–H groups in total. The zero-order valence-corrected chi connectivity index (χ0v) is 29.2. The topological polar surface area (TPSA) is 55.4 Å². The third-order valence-electron chi connectivity index (χ3n) is 11.3. The van der Waals surface area contributed by atoms with Gasteiger partial charge in [-0.2, -0.15) is 0 Å². The van der Waals surface area contributed by atoms with Gasteiger partial charge in [-0.15, -0.1) is 11.3 Å². The highest BCUT2D eigenvalue weighted by atomic mass is 32.1. The molecule has 2 aliphatic rings. The van der Waals surface area contributed by atoms with Gasteiger partial charge in [0.25, 0.3) is 5.56 Å². The van der Waals surface area contributed by atoms with Crippen molar-refractivity contribution < 1.29 is 0 Å².